The van der Waals surface area contributed by atoms with Crippen molar-refractivity contribution in [3.63, 3.8) is 0 Å². The van der Waals surface area contributed by atoms with Crippen molar-refractivity contribution in [1.82, 2.24) is 14.8 Å². The van der Waals surface area contributed by atoms with Gasteiger partial charge in [-0.3, -0.25) is 14.9 Å². The van der Waals surface area contributed by atoms with Crippen LogP contribution in [0.5, 0.6) is 0 Å². The maximum Gasteiger partial charge on any atom is 0.242 e. The zero-order valence-corrected chi connectivity index (χ0v) is 15.5. The summed E-state index contributed by atoms with van der Waals surface area (Å²) in [5.74, 6) is -1.28. The molecule has 2 aromatic carbocycles. The van der Waals surface area contributed by atoms with Crippen LogP contribution in [0.2, 0.25) is 0 Å². The van der Waals surface area contributed by atoms with E-state index in [1.807, 2.05) is 0 Å². The van der Waals surface area contributed by atoms with Crippen molar-refractivity contribution in [3.8, 4) is 0 Å². The van der Waals surface area contributed by atoms with Crippen LogP contribution < -0.4 is 5.32 Å². The van der Waals surface area contributed by atoms with Gasteiger partial charge in [0.25, 0.3) is 0 Å². The van der Waals surface area contributed by atoms with E-state index in [2.05, 4.69) is 10.5 Å². The Balaban J connectivity index is 1.90. The van der Waals surface area contributed by atoms with Gasteiger partial charge in [0.15, 0.2) is 5.58 Å². The Morgan fingerprint density at radius 2 is 1.96 bits per heavy atom. The standard InChI is InChI=1S/C18H17N3O5S/c1-21(2)27(24,25)11-4-5-12-10(9-11)3-7-14-16(12)17(20-26-14)13-6-8-15(22)19-18(13)23/h3-5,7,9,13H,6,8H2,1-2H3,(H,19,22,23)/t13-/m1/s1. The molecule has 1 aromatic heterocycles. The second-order valence-corrected chi connectivity index (χ2v) is 8.83. The first-order valence-corrected chi connectivity index (χ1v) is 9.81. The molecule has 0 aliphatic carbocycles. The second kappa shape index (κ2) is 6.14. The Bertz CT molecular complexity index is 1200. The molecule has 1 saturated heterocycles. The highest BCUT2D eigenvalue weighted by Gasteiger charge is 2.32. The summed E-state index contributed by atoms with van der Waals surface area (Å²) in [5, 5.41) is 8.50. The lowest BCUT2D eigenvalue weighted by atomic mass is 9.91. The minimum atomic E-state index is -3.56. The molecule has 140 valence electrons. The van der Waals surface area contributed by atoms with E-state index < -0.39 is 21.8 Å². The zero-order valence-electron chi connectivity index (χ0n) is 14.7. The molecule has 3 aromatic rings. The van der Waals surface area contributed by atoms with E-state index in [1.54, 1.807) is 24.3 Å². The largest absolute Gasteiger partial charge is 0.356 e. The SMILES string of the molecule is CN(C)S(=O)(=O)c1ccc2c(ccc3onc([C@H]4CCC(=O)NC4=O)c32)c1. The van der Waals surface area contributed by atoms with Gasteiger partial charge in [-0.25, -0.2) is 12.7 Å². The fourth-order valence-corrected chi connectivity index (χ4v) is 4.27. The molecule has 1 N–H and O–H groups in total. The number of hydrogen-bond acceptors (Lipinski definition) is 6. The lowest BCUT2D eigenvalue weighted by Gasteiger charge is -2.19. The smallest absolute Gasteiger partial charge is 0.242 e. The van der Waals surface area contributed by atoms with E-state index in [9.17, 15) is 18.0 Å². The predicted octanol–water partition coefficient (Wildman–Crippen LogP) is 1.75. The van der Waals surface area contributed by atoms with Gasteiger partial charge in [-0.2, -0.15) is 0 Å². The number of piperidine rings is 1. The summed E-state index contributed by atoms with van der Waals surface area (Å²) in [6.07, 6.45) is 0.594. The molecule has 1 fully saturated rings. The number of carbonyl (C=O) groups excluding carboxylic acids is 2. The zero-order chi connectivity index (χ0) is 19.3. The maximum atomic E-state index is 12.4. The van der Waals surface area contributed by atoms with Crippen molar-refractivity contribution < 1.29 is 22.5 Å². The van der Waals surface area contributed by atoms with Gasteiger partial charge in [0, 0.05) is 20.5 Å². The Kier molecular flexibility index (Phi) is 4.01. The van der Waals surface area contributed by atoms with Crippen LogP contribution in [0, 0.1) is 0 Å². The number of fused-ring (bicyclic) bond motifs is 3. The molecule has 4 rings (SSSR count). The van der Waals surface area contributed by atoms with Gasteiger partial charge in [0.1, 0.15) is 5.69 Å². The van der Waals surface area contributed by atoms with Crippen molar-refractivity contribution in [1.29, 1.82) is 0 Å². The third-order valence-electron chi connectivity index (χ3n) is 4.80. The molecular weight excluding hydrogens is 370 g/mol. The van der Waals surface area contributed by atoms with E-state index in [0.29, 0.717) is 28.5 Å². The normalized spacial score (nSPS) is 18.4. The molecule has 27 heavy (non-hydrogen) atoms. The topological polar surface area (TPSA) is 110 Å². The van der Waals surface area contributed by atoms with Gasteiger partial charge >= 0.3 is 0 Å². The van der Waals surface area contributed by atoms with Crippen LogP contribution in [0.25, 0.3) is 21.7 Å². The first kappa shape index (κ1) is 17.6. The quantitative estimate of drug-likeness (QED) is 0.686. The van der Waals surface area contributed by atoms with Gasteiger partial charge in [0.05, 0.1) is 16.2 Å². The number of nitrogens with zero attached hydrogens (tertiary/aromatic N) is 2. The van der Waals surface area contributed by atoms with Crippen LogP contribution >= 0.6 is 0 Å². The van der Waals surface area contributed by atoms with Crippen molar-refractivity contribution in [3.05, 3.63) is 36.0 Å². The van der Waals surface area contributed by atoms with Gasteiger partial charge in [-0.1, -0.05) is 17.3 Å². The van der Waals surface area contributed by atoms with Crippen LogP contribution in [-0.4, -0.2) is 43.8 Å². The van der Waals surface area contributed by atoms with E-state index in [4.69, 9.17) is 4.52 Å². The van der Waals surface area contributed by atoms with Gasteiger partial charge in [-0.05, 0) is 35.4 Å². The minimum absolute atomic E-state index is 0.179. The highest BCUT2D eigenvalue weighted by Crippen LogP contribution is 2.35. The van der Waals surface area contributed by atoms with Crippen LogP contribution in [0.15, 0.2) is 39.8 Å². The minimum Gasteiger partial charge on any atom is -0.356 e. The third kappa shape index (κ3) is 2.79. The Labute approximate surface area is 155 Å². The Morgan fingerprint density at radius 3 is 2.67 bits per heavy atom. The van der Waals surface area contributed by atoms with Gasteiger partial charge < -0.3 is 4.52 Å². The number of sulfonamides is 1. The number of aromatic nitrogens is 1. The first-order chi connectivity index (χ1) is 12.8. The Hall–Kier alpha value is -2.78. The number of carbonyl (C=O) groups is 2. The molecular formula is C18H17N3O5S. The molecule has 0 saturated carbocycles. The number of nitrogens with one attached hydrogen (secondary N) is 1. The summed E-state index contributed by atoms with van der Waals surface area (Å²) < 4.78 is 31.3. The Morgan fingerprint density at radius 1 is 1.19 bits per heavy atom. The van der Waals surface area contributed by atoms with Crippen molar-refractivity contribution >= 4 is 43.6 Å². The highest BCUT2D eigenvalue weighted by molar-refractivity contribution is 7.89. The van der Waals surface area contributed by atoms with Crippen molar-refractivity contribution in [2.75, 3.05) is 14.1 Å². The summed E-state index contributed by atoms with van der Waals surface area (Å²) in [5.41, 5.74) is 0.967. The first-order valence-electron chi connectivity index (χ1n) is 8.37. The van der Waals surface area contributed by atoms with Crippen LogP contribution in [0.1, 0.15) is 24.5 Å². The number of hydrogen-bond donors (Lipinski definition) is 1. The number of imide groups is 1. The molecule has 1 aliphatic rings. The molecule has 1 atom stereocenters. The van der Waals surface area contributed by atoms with Crippen molar-refractivity contribution in [2.24, 2.45) is 0 Å². The fourth-order valence-electron chi connectivity index (χ4n) is 3.34. The average molecular weight is 387 g/mol. The molecule has 0 unspecified atom stereocenters. The van der Waals surface area contributed by atoms with E-state index in [1.165, 1.54) is 20.2 Å². The monoisotopic (exact) mass is 387 g/mol. The van der Waals surface area contributed by atoms with E-state index in [0.717, 1.165) is 9.69 Å². The molecule has 1 aliphatic heterocycles. The average Bonchev–Trinajstić information content (AvgIpc) is 3.05. The number of amides is 2. The maximum absolute atomic E-state index is 12.4. The number of benzene rings is 2. The predicted molar refractivity (Wildman–Crippen MR) is 97.5 cm³/mol. The van der Waals surface area contributed by atoms with Crippen molar-refractivity contribution in [2.45, 2.75) is 23.7 Å². The van der Waals surface area contributed by atoms with Crippen LogP contribution in [-0.2, 0) is 19.6 Å². The molecule has 2 heterocycles. The van der Waals surface area contributed by atoms with E-state index >= 15 is 0 Å². The summed E-state index contributed by atoms with van der Waals surface area (Å²) in [7, 11) is -0.609. The number of rotatable bonds is 3. The molecule has 0 bridgehead atoms. The van der Waals surface area contributed by atoms with Gasteiger partial charge in [-0.15, -0.1) is 0 Å². The third-order valence-corrected chi connectivity index (χ3v) is 6.61. The lowest BCUT2D eigenvalue weighted by molar-refractivity contribution is -0.134. The second-order valence-electron chi connectivity index (χ2n) is 6.68. The van der Waals surface area contributed by atoms with Gasteiger partial charge in [0.2, 0.25) is 21.8 Å². The molecule has 0 spiro atoms. The highest BCUT2D eigenvalue weighted by atomic mass is 32.2. The fraction of sp³-hybridized carbons (Fsp3) is 0.278. The van der Waals surface area contributed by atoms with Crippen LogP contribution in [0.3, 0.4) is 0 Å². The molecule has 9 heteroatoms. The lowest BCUT2D eigenvalue weighted by Crippen LogP contribution is -2.39. The van der Waals surface area contributed by atoms with E-state index in [-0.39, 0.29) is 17.2 Å². The summed E-state index contributed by atoms with van der Waals surface area (Å²) in [6, 6.07) is 8.27. The van der Waals surface area contributed by atoms with Crippen LogP contribution in [0.4, 0.5) is 0 Å². The molecule has 2 amide bonds. The summed E-state index contributed by atoms with van der Waals surface area (Å²) in [4.78, 5) is 23.8. The molecule has 0 radical (unpaired) electrons. The summed E-state index contributed by atoms with van der Waals surface area (Å²) in [6.45, 7) is 0. The summed E-state index contributed by atoms with van der Waals surface area (Å²) >= 11 is 0. The molecule has 8 nitrogen and oxygen atoms in total.